The second kappa shape index (κ2) is 5.79. The second-order valence-corrected chi connectivity index (χ2v) is 3.79. The maximum absolute atomic E-state index is 9.21. The van der Waals surface area contributed by atoms with Gasteiger partial charge in [0.2, 0.25) is 0 Å². The molecule has 0 aliphatic carbocycles. The van der Waals surface area contributed by atoms with Crippen LogP contribution in [0.3, 0.4) is 0 Å². The first kappa shape index (κ1) is 13.7. The van der Waals surface area contributed by atoms with Crippen LogP contribution >= 0.6 is 0 Å². The van der Waals surface area contributed by atoms with Crippen LogP contribution < -0.4 is 19.7 Å². The first-order valence-corrected chi connectivity index (χ1v) is 5.28. The molecule has 0 unspecified atom stereocenters. The molecule has 0 heterocycles. The first-order chi connectivity index (χ1) is 7.99. The molecule has 0 atom stereocenters. The van der Waals surface area contributed by atoms with Crippen molar-refractivity contribution in [1.82, 2.24) is 0 Å². The molecule has 0 radical (unpaired) electrons. The summed E-state index contributed by atoms with van der Waals surface area (Å²) in [6, 6.07) is 3.06. The molecule has 0 bridgehead atoms. The van der Waals surface area contributed by atoms with E-state index >= 15 is 0 Å². The largest absolute Gasteiger partial charge is 0.497 e. The summed E-state index contributed by atoms with van der Waals surface area (Å²) < 4.78 is 15.8. The van der Waals surface area contributed by atoms with Crippen molar-refractivity contribution < 1.29 is 24.3 Å². The summed E-state index contributed by atoms with van der Waals surface area (Å²) in [6.07, 6.45) is -0.0153. The van der Waals surface area contributed by atoms with Gasteiger partial charge in [0.05, 0.1) is 20.3 Å². The SMILES string of the molecule is COc1cc(B(O)O)c(OC)cc1OC(C)C. The highest BCUT2D eigenvalue weighted by atomic mass is 16.5. The van der Waals surface area contributed by atoms with Crippen LogP contribution in [0.1, 0.15) is 13.8 Å². The van der Waals surface area contributed by atoms with Crippen LogP contribution in [0.25, 0.3) is 0 Å². The number of methoxy groups -OCH3 is 2. The zero-order valence-corrected chi connectivity index (χ0v) is 10.4. The number of benzene rings is 1. The fourth-order valence-corrected chi connectivity index (χ4v) is 1.44. The van der Waals surface area contributed by atoms with E-state index in [0.29, 0.717) is 17.2 Å². The van der Waals surface area contributed by atoms with Gasteiger partial charge in [-0.05, 0) is 19.9 Å². The van der Waals surface area contributed by atoms with Crippen LogP contribution in [0.4, 0.5) is 0 Å². The number of ether oxygens (including phenoxy) is 3. The predicted molar refractivity (Wildman–Crippen MR) is 65.1 cm³/mol. The van der Waals surface area contributed by atoms with Crippen molar-refractivity contribution in [2.45, 2.75) is 20.0 Å². The smallest absolute Gasteiger partial charge is 0.492 e. The van der Waals surface area contributed by atoms with Crippen LogP contribution in [0.2, 0.25) is 0 Å². The van der Waals surface area contributed by atoms with E-state index in [1.807, 2.05) is 13.8 Å². The normalized spacial score (nSPS) is 10.3. The molecule has 1 aromatic rings. The number of hydrogen-bond donors (Lipinski definition) is 2. The van der Waals surface area contributed by atoms with Crippen molar-refractivity contribution in [3.8, 4) is 17.2 Å². The Kier molecular flexibility index (Phi) is 4.66. The number of rotatable bonds is 5. The molecule has 0 amide bonds. The molecular formula is C11H17BO5. The highest BCUT2D eigenvalue weighted by Crippen LogP contribution is 2.30. The number of hydrogen-bond acceptors (Lipinski definition) is 5. The molecule has 0 saturated heterocycles. The zero-order valence-electron chi connectivity index (χ0n) is 10.4. The van der Waals surface area contributed by atoms with Gasteiger partial charge in [0.25, 0.3) is 0 Å². The van der Waals surface area contributed by atoms with Gasteiger partial charge in [-0.15, -0.1) is 0 Å². The first-order valence-electron chi connectivity index (χ1n) is 5.28. The van der Waals surface area contributed by atoms with Gasteiger partial charge in [-0.1, -0.05) is 0 Å². The second-order valence-electron chi connectivity index (χ2n) is 3.79. The molecule has 1 rings (SSSR count). The highest BCUT2D eigenvalue weighted by molar-refractivity contribution is 6.59. The van der Waals surface area contributed by atoms with Crippen LogP contribution in [-0.2, 0) is 0 Å². The highest BCUT2D eigenvalue weighted by Gasteiger charge is 2.21. The lowest BCUT2D eigenvalue weighted by atomic mass is 9.79. The molecule has 0 spiro atoms. The molecule has 2 N–H and O–H groups in total. The van der Waals surface area contributed by atoms with Crippen LogP contribution in [0, 0.1) is 0 Å². The third-order valence-electron chi connectivity index (χ3n) is 2.16. The van der Waals surface area contributed by atoms with Gasteiger partial charge in [-0.25, -0.2) is 0 Å². The van der Waals surface area contributed by atoms with Gasteiger partial charge in [0.15, 0.2) is 11.5 Å². The Bertz CT molecular complexity index is 378. The summed E-state index contributed by atoms with van der Waals surface area (Å²) in [5.74, 6) is 1.28. The van der Waals surface area contributed by atoms with Gasteiger partial charge in [0, 0.05) is 11.5 Å². The maximum Gasteiger partial charge on any atom is 0.492 e. The lowest BCUT2D eigenvalue weighted by molar-refractivity contribution is 0.229. The zero-order chi connectivity index (χ0) is 13.0. The van der Waals surface area contributed by atoms with Crippen LogP contribution in [0.5, 0.6) is 17.2 Å². The van der Waals surface area contributed by atoms with Crippen molar-refractivity contribution in [3.05, 3.63) is 12.1 Å². The molecule has 0 fully saturated rings. The Morgan fingerprint density at radius 2 is 1.59 bits per heavy atom. The lowest BCUT2D eigenvalue weighted by Gasteiger charge is -2.17. The third-order valence-corrected chi connectivity index (χ3v) is 2.16. The van der Waals surface area contributed by atoms with E-state index in [1.165, 1.54) is 20.3 Å². The maximum atomic E-state index is 9.21. The molecule has 5 nitrogen and oxygen atoms in total. The van der Waals surface area contributed by atoms with E-state index < -0.39 is 7.12 Å². The monoisotopic (exact) mass is 240 g/mol. The summed E-state index contributed by atoms with van der Waals surface area (Å²) in [6.45, 7) is 3.78. The summed E-state index contributed by atoms with van der Waals surface area (Å²) in [7, 11) is 1.32. The van der Waals surface area contributed by atoms with Gasteiger partial charge < -0.3 is 24.3 Å². The minimum atomic E-state index is -1.62. The Morgan fingerprint density at radius 3 is 2.00 bits per heavy atom. The fraction of sp³-hybridized carbons (Fsp3) is 0.455. The summed E-state index contributed by atoms with van der Waals surface area (Å²) in [5, 5.41) is 18.4. The van der Waals surface area contributed by atoms with Crippen molar-refractivity contribution in [1.29, 1.82) is 0 Å². The minimum Gasteiger partial charge on any atom is -0.497 e. The van der Waals surface area contributed by atoms with E-state index in [-0.39, 0.29) is 11.6 Å². The summed E-state index contributed by atoms with van der Waals surface area (Å²) in [5.41, 5.74) is 0.237. The lowest BCUT2D eigenvalue weighted by Crippen LogP contribution is -2.31. The topological polar surface area (TPSA) is 68.2 Å². The van der Waals surface area contributed by atoms with Gasteiger partial charge in [-0.3, -0.25) is 0 Å². The molecule has 0 aromatic heterocycles. The molecule has 0 aliphatic heterocycles. The van der Waals surface area contributed by atoms with Crippen molar-refractivity contribution >= 4 is 12.6 Å². The molecule has 0 saturated carbocycles. The summed E-state index contributed by atoms with van der Waals surface area (Å²) >= 11 is 0. The van der Waals surface area contributed by atoms with Crippen LogP contribution in [-0.4, -0.2) is 37.5 Å². The quantitative estimate of drug-likeness (QED) is 0.718. The Hall–Kier alpha value is -1.40. The Morgan fingerprint density at radius 1 is 1.00 bits per heavy atom. The average Bonchev–Trinajstić information content (AvgIpc) is 2.27. The Balaban J connectivity index is 3.22. The van der Waals surface area contributed by atoms with E-state index in [0.717, 1.165) is 0 Å². The predicted octanol–water partition coefficient (Wildman–Crippen LogP) is 0.171. The molecular weight excluding hydrogens is 223 g/mol. The molecule has 0 aliphatic rings. The standard InChI is InChI=1S/C11H17BO5/c1-7(2)17-11-6-9(15-3)8(12(13)14)5-10(11)16-4/h5-7,13-14H,1-4H3. The van der Waals surface area contributed by atoms with Crippen molar-refractivity contribution in [2.24, 2.45) is 0 Å². The van der Waals surface area contributed by atoms with Gasteiger partial charge in [0.1, 0.15) is 5.75 Å². The Labute approximate surface area is 101 Å². The summed E-state index contributed by atoms with van der Waals surface area (Å²) in [4.78, 5) is 0. The van der Waals surface area contributed by atoms with Crippen molar-refractivity contribution in [2.75, 3.05) is 14.2 Å². The van der Waals surface area contributed by atoms with E-state index in [4.69, 9.17) is 14.2 Å². The van der Waals surface area contributed by atoms with Crippen LogP contribution in [0.15, 0.2) is 12.1 Å². The fourth-order valence-electron chi connectivity index (χ4n) is 1.44. The average molecular weight is 240 g/mol. The van der Waals surface area contributed by atoms with E-state index in [9.17, 15) is 10.0 Å². The minimum absolute atomic E-state index is 0.0153. The van der Waals surface area contributed by atoms with Gasteiger partial charge >= 0.3 is 7.12 Å². The van der Waals surface area contributed by atoms with E-state index in [2.05, 4.69) is 0 Å². The molecule has 6 heteroatoms. The molecule has 17 heavy (non-hydrogen) atoms. The third kappa shape index (κ3) is 3.28. The molecule has 94 valence electrons. The van der Waals surface area contributed by atoms with Gasteiger partial charge in [-0.2, -0.15) is 0 Å². The van der Waals surface area contributed by atoms with Crippen molar-refractivity contribution in [3.63, 3.8) is 0 Å². The van der Waals surface area contributed by atoms with E-state index in [1.54, 1.807) is 6.07 Å². The molecule has 1 aromatic carbocycles.